The molecule has 1 N–H and O–H groups in total. The molecule has 0 amide bonds. The summed E-state index contributed by atoms with van der Waals surface area (Å²) in [6.45, 7) is 18.0. The Kier molecular flexibility index (Phi) is 14.7. The highest BCUT2D eigenvalue weighted by Gasteiger charge is 2.44. The Balaban J connectivity index is 2.41. The molecule has 0 aromatic carbocycles. The Hall–Kier alpha value is -2.14. The van der Waals surface area contributed by atoms with E-state index < -0.39 is 44.9 Å². The Morgan fingerprint density at radius 2 is 1.84 bits per heavy atom. The summed E-state index contributed by atoms with van der Waals surface area (Å²) in [5, 5.41) is 11.9. The minimum absolute atomic E-state index is 0.0153. The van der Waals surface area contributed by atoms with Gasteiger partial charge < -0.3 is 28.5 Å². The molecule has 0 spiro atoms. The van der Waals surface area contributed by atoms with Crippen LogP contribution < -0.4 is 0 Å². The zero-order valence-electron chi connectivity index (χ0n) is 27.9. The number of hydrogen-bond acceptors (Lipinski definition) is 9. The number of carbonyl (C=O) groups is 3. The van der Waals surface area contributed by atoms with E-state index in [1.807, 2.05) is 13.0 Å². The van der Waals surface area contributed by atoms with Crippen LogP contribution in [0.1, 0.15) is 93.4 Å². The van der Waals surface area contributed by atoms with Crippen molar-refractivity contribution in [3.8, 4) is 0 Å². The topological polar surface area (TPSA) is 118 Å². The van der Waals surface area contributed by atoms with Crippen molar-refractivity contribution >= 4 is 38.0 Å². The summed E-state index contributed by atoms with van der Waals surface area (Å²) in [4.78, 5) is 37.0. The summed E-state index contributed by atoms with van der Waals surface area (Å²) in [6, 6.07) is 0. The maximum absolute atomic E-state index is 13.0. The van der Waals surface area contributed by atoms with Gasteiger partial charge >= 0.3 is 18.1 Å². The Bertz CT molecular complexity index is 1090. The molecule has 0 aromatic heterocycles. The molecule has 1 saturated carbocycles. The van der Waals surface area contributed by atoms with Gasteiger partial charge in [-0.2, -0.15) is 0 Å². The predicted molar refractivity (Wildman–Crippen MR) is 172 cm³/mol. The summed E-state index contributed by atoms with van der Waals surface area (Å²) < 4.78 is 28.6. The van der Waals surface area contributed by atoms with Gasteiger partial charge in [-0.25, -0.2) is 4.79 Å². The molecule has 11 heteroatoms. The number of halogens is 1. The molecule has 1 fully saturated rings. The van der Waals surface area contributed by atoms with Crippen molar-refractivity contribution < 1.29 is 42.9 Å². The lowest BCUT2D eigenvalue weighted by atomic mass is 9.93. The normalized spacial score (nSPS) is 28.8. The number of unbranched alkanes of at least 4 members (excludes halogenated alkanes) is 1. The third-order valence-electron chi connectivity index (χ3n) is 8.67. The monoisotopic (exact) mass is 656 g/mol. The number of fused-ring (bicyclic) bond motifs is 2. The number of hydrogen-bond donors (Lipinski definition) is 1. The van der Waals surface area contributed by atoms with Gasteiger partial charge in [-0.05, 0) is 70.0 Å². The third-order valence-corrected chi connectivity index (χ3v) is 13.6. The van der Waals surface area contributed by atoms with Crippen molar-refractivity contribution in [1.29, 1.82) is 0 Å². The van der Waals surface area contributed by atoms with Crippen LogP contribution in [0.3, 0.4) is 0 Å². The lowest BCUT2D eigenvalue weighted by molar-refractivity contribution is -0.163. The fourth-order valence-corrected chi connectivity index (χ4v) is 6.73. The Morgan fingerprint density at radius 1 is 1.16 bits per heavy atom. The number of rotatable bonds is 10. The van der Waals surface area contributed by atoms with Crippen molar-refractivity contribution in [3.63, 3.8) is 0 Å². The summed E-state index contributed by atoms with van der Waals surface area (Å²) in [5.41, 5.74) is 1.16. The first-order chi connectivity index (χ1) is 20.4. The molecule has 250 valence electrons. The molecule has 0 saturated heterocycles. The molecule has 0 unspecified atom stereocenters. The molecule has 0 radical (unpaired) electrons. The van der Waals surface area contributed by atoms with E-state index in [1.54, 1.807) is 26.0 Å². The smallest absolute Gasteiger partial charge is 0.465 e. The van der Waals surface area contributed by atoms with Crippen molar-refractivity contribution in [2.24, 2.45) is 11.8 Å². The molecule has 2 bridgehead atoms. The van der Waals surface area contributed by atoms with Crippen LogP contribution in [0, 0.1) is 11.8 Å². The van der Waals surface area contributed by atoms with Crippen LogP contribution in [0.15, 0.2) is 34.4 Å². The maximum atomic E-state index is 13.0. The standard InChI is InChI=1S/C33H53ClO9Si/c1-10-11-15-39-30(37)17-21(2)16-27(36)25-18-24-19-28(25)41-32(38)42-31(40-23(4)35)22(3)13-12-14-26(34)29(20-24)43-44(8,9)33(5,6)7/h13-14,16,24-25,27-29,31,36H,10-12,15,17-20H2,1-9H3/b21-16+,22-13-,26-14+/t24-,25+,27+,28+,29+,31+/m0/s1. The van der Waals surface area contributed by atoms with E-state index in [0.717, 1.165) is 12.8 Å². The van der Waals surface area contributed by atoms with Gasteiger partial charge in [0, 0.05) is 23.4 Å². The third kappa shape index (κ3) is 12.0. The molecule has 1 aliphatic heterocycles. The molecular formula is C33H53ClO9Si. The van der Waals surface area contributed by atoms with Gasteiger partial charge in [-0.3, -0.25) is 9.59 Å². The fraction of sp³-hybridized carbons (Fsp3) is 0.727. The number of carbonyl (C=O) groups excluding carboxylic acids is 3. The zero-order valence-corrected chi connectivity index (χ0v) is 29.7. The molecule has 0 aromatic rings. The van der Waals surface area contributed by atoms with Crippen molar-refractivity contribution in [1.82, 2.24) is 0 Å². The van der Waals surface area contributed by atoms with Crippen LogP contribution in [-0.4, -0.2) is 62.7 Å². The first-order valence-corrected chi connectivity index (χ1v) is 19.0. The maximum Gasteiger partial charge on any atom is 0.511 e. The second-order valence-electron chi connectivity index (χ2n) is 13.6. The van der Waals surface area contributed by atoms with Crippen LogP contribution in [0.25, 0.3) is 0 Å². The van der Waals surface area contributed by atoms with E-state index in [9.17, 15) is 19.5 Å². The van der Waals surface area contributed by atoms with Gasteiger partial charge in [-0.15, -0.1) is 0 Å². The lowest BCUT2D eigenvalue weighted by Crippen LogP contribution is -2.44. The van der Waals surface area contributed by atoms with Gasteiger partial charge in [0.25, 0.3) is 6.29 Å². The van der Waals surface area contributed by atoms with Gasteiger partial charge in [-0.1, -0.05) is 69.5 Å². The van der Waals surface area contributed by atoms with Crippen molar-refractivity contribution in [2.75, 3.05) is 6.61 Å². The number of aliphatic hydroxyl groups excluding tert-OH is 1. The van der Waals surface area contributed by atoms with Crippen LogP contribution in [0.5, 0.6) is 0 Å². The van der Waals surface area contributed by atoms with Crippen LogP contribution in [0.4, 0.5) is 4.79 Å². The highest BCUT2D eigenvalue weighted by Crippen LogP contribution is 2.43. The molecule has 9 nitrogen and oxygen atoms in total. The Morgan fingerprint density at radius 3 is 2.45 bits per heavy atom. The van der Waals surface area contributed by atoms with Crippen molar-refractivity contribution in [2.45, 2.75) is 136 Å². The highest BCUT2D eigenvalue weighted by molar-refractivity contribution is 6.74. The zero-order chi connectivity index (χ0) is 33.2. The Labute approximate surface area is 269 Å². The first kappa shape index (κ1) is 38.0. The number of ether oxygens (including phenoxy) is 4. The van der Waals surface area contributed by atoms with Crippen LogP contribution >= 0.6 is 11.6 Å². The van der Waals surface area contributed by atoms with Crippen LogP contribution in [-0.2, 0) is 33.0 Å². The number of cyclic esters (lactones) is 1. The number of aliphatic hydroxyl groups is 1. The molecule has 1 heterocycles. The van der Waals surface area contributed by atoms with Gasteiger partial charge in [0.05, 0.1) is 25.2 Å². The molecule has 1 aliphatic carbocycles. The summed E-state index contributed by atoms with van der Waals surface area (Å²) in [7, 11) is -2.22. The molecule has 2 aliphatic rings. The second kappa shape index (κ2) is 17.0. The van der Waals surface area contributed by atoms with Gasteiger partial charge in [0.1, 0.15) is 6.10 Å². The number of esters is 2. The van der Waals surface area contributed by atoms with E-state index in [2.05, 4.69) is 33.9 Å². The van der Waals surface area contributed by atoms with Crippen LogP contribution in [0.2, 0.25) is 18.1 Å². The SMILES string of the molecule is CCCCOC(=O)C/C(C)=C/[C@@H](O)[C@H]1C[C@@H]2C[C@@H](O[Si](C)(C)C(C)(C)C)/C(Cl)=C\C/C=C(/C)[C@H](OC(C)=O)OC(=O)O[C@@H]1C2. The molecule has 44 heavy (non-hydrogen) atoms. The van der Waals surface area contributed by atoms with E-state index >= 15 is 0 Å². The molecule has 2 rings (SSSR count). The molecular weight excluding hydrogens is 604 g/mol. The van der Waals surface area contributed by atoms with E-state index in [0.29, 0.717) is 48.5 Å². The van der Waals surface area contributed by atoms with Gasteiger partial charge in [0.15, 0.2) is 8.32 Å². The largest absolute Gasteiger partial charge is 0.511 e. The van der Waals surface area contributed by atoms with E-state index in [-0.39, 0.29) is 29.5 Å². The highest BCUT2D eigenvalue weighted by atomic mass is 35.5. The summed E-state index contributed by atoms with van der Waals surface area (Å²) in [5.74, 6) is -1.42. The quantitative estimate of drug-likeness (QED) is 0.0829. The lowest BCUT2D eigenvalue weighted by Gasteiger charge is -2.40. The average Bonchev–Trinajstić information content (AvgIpc) is 3.28. The molecule has 6 atom stereocenters. The minimum Gasteiger partial charge on any atom is -0.465 e. The summed E-state index contributed by atoms with van der Waals surface area (Å²) >= 11 is 6.92. The van der Waals surface area contributed by atoms with E-state index in [4.69, 9.17) is 35.0 Å². The first-order valence-electron chi connectivity index (χ1n) is 15.7. The van der Waals surface area contributed by atoms with Gasteiger partial charge in [0.2, 0.25) is 0 Å². The second-order valence-corrected chi connectivity index (χ2v) is 18.8. The average molecular weight is 657 g/mol. The fourth-order valence-electron chi connectivity index (χ4n) is 5.14. The predicted octanol–water partition coefficient (Wildman–Crippen LogP) is 7.72. The number of allylic oxidation sites excluding steroid dienone is 2. The minimum atomic E-state index is -2.22. The summed E-state index contributed by atoms with van der Waals surface area (Å²) in [6.07, 6.45) is 4.75. The van der Waals surface area contributed by atoms with Crippen molar-refractivity contribution in [3.05, 3.63) is 34.4 Å². The van der Waals surface area contributed by atoms with E-state index in [1.165, 1.54) is 6.92 Å².